The number of anilines is 2. The molecule has 3 aromatic rings. The van der Waals surface area contributed by atoms with Gasteiger partial charge in [0, 0.05) is 11.3 Å². The van der Waals surface area contributed by atoms with Gasteiger partial charge in [0.1, 0.15) is 11.6 Å². The number of amides is 2. The molecule has 6 nitrogen and oxygen atoms in total. The van der Waals surface area contributed by atoms with Crippen LogP contribution in [0.3, 0.4) is 0 Å². The number of rotatable bonds is 3. The lowest BCUT2D eigenvalue weighted by molar-refractivity contribution is -0.123. The molecule has 0 saturated carbocycles. The van der Waals surface area contributed by atoms with Crippen LogP contribution in [0.5, 0.6) is 0 Å². The molecular weight excluding hydrogens is 443 g/mol. The van der Waals surface area contributed by atoms with Crippen molar-refractivity contribution in [2.24, 2.45) is 0 Å². The molecule has 3 aromatic carbocycles. The molecule has 2 amide bonds. The molecule has 0 unspecified atom stereocenters. The van der Waals surface area contributed by atoms with E-state index < -0.39 is 38.1 Å². The molecule has 2 heterocycles. The minimum atomic E-state index is -4.24. The Balaban J connectivity index is 1.74. The predicted molar refractivity (Wildman–Crippen MR) is 123 cm³/mol. The van der Waals surface area contributed by atoms with Gasteiger partial charge in [-0.25, -0.2) is 12.8 Å². The number of sulfone groups is 1. The summed E-state index contributed by atoms with van der Waals surface area (Å²) in [5.41, 5.74) is 3.33. The Morgan fingerprint density at radius 2 is 1.70 bits per heavy atom. The second kappa shape index (κ2) is 7.25. The van der Waals surface area contributed by atoms with Crippen molar-refractivity contribution in [1.82, 2.24) is 0 Å². The zero-order valence-corrected chi connectivity index (χ0v) is 18.9. The summed E-state index contributed by atoms with van der Waals surface area (Å²) in [4.78, 5) is 27.4. The first-order valence-corrected chi connectivity index (χ1v) is 12.1. The maximum Gasteiger partial charge on any atom is 0.274 e. The first kappa shape index (κ1) is 21.3. The van der Waals surface area contributed by atoms with Crippen LogP contribution in [0.2, 0.25) is 0 Å². The lowest BCUT2D eigenvalue weighted by atomic mass is 10.0. The fourth-order valence-electron chi connectivity index (χ4n) is 4.73. The van der Waals surface area contributed by atoms with E-state index in [0.717, 1.165) is 16.0 Å². The lowest BCUT2D eigenvalue weighted by Gasteiger charge is -2.33. The molecule has 1 spiro atoms. The highest BCUT2D eigenvalue weighted by Crippen LogP contribution is 2.52. The molecule has 0 radical (unpaired) electrons. The number of benzene rings is 3. The molecule has 5 rings (SSSR count). The number of para-hydroxylation sites is 1. The summed E-state index contributed by atoms with van der Waals surface area (Å²) < 4.78 is 41.0. The van der Waals surface area contributed by atoms with E-state index in [1.165, 1.54) is 23.1 Å². The lowest BCUT2D eigenvalue weighted by Crippen LogP contribution is -2.54. The Kier molecular flexibility index (Phi) is 4.68. The monoisotopic (exact) mass is 464 g/mol. The van der Waals surface area contributed by atoms with Gasteiger partial charge in [-0.1, -0.05) is 36.4 Å². The van der Waals surface area contributed by atoms with Gasteiger partial charge in [0.15, 0.2) is 9.84 Å². The number of halogens is 1. The summed E-state index contributed by atoms with van der Waals surface area (Å²) in [5, 5.41) is 0. The van der Waals surface area contributed by atoms with Gasteiger partial charge in [0.25, 0.3) is 10.8 Å². The van der Waals surface area contributed by atoms with E-state index in [4.69, 9.17) is 0 Å². The Morgan fingerprint density at radius 1 is 0.939 bits per heavy atom. The molecular formula is C25H21FN2O4S. The Morgan fingerprint density at radius 3 is 2.42 bits per heavy atom. The summed E-state index contributed by atoms with van der Waals surface area (Å²) in [7, 11) is -4.24. The number of carbonyl (C=O) groups excluding carboxylic acids is 2. The molecule has 33 heavy (non-hydrogen) atoms. The van der Waals surface area contributed by atoms with Gasteiger partial charge in [0.2, 0.25) is 5.91 Å². The fraction of sp³-hybridized carbons (Fsp3) is 0.200. The molecule has 168 valence electrons. The summed E-state index contributed by atoms with van der Waals surface area (Å²) in [6.45, 7) is 3.75. The van der Waals surface area contributed by atoms with Gasteiger partial charge in [-0.3, -0.25) is 14.5 Å². The predicted octanol–water partition coefficient (Wildman–Crippen LogP) is 3.60. The van der Waals surface area contributed by atoms with Crippen LogP contribution >= 0.6 is 0 Å². The first-order valence-electron chi connectivity index (χ1n) is 10.5. The molecule has 0 N–H and O–H groups in total. The first-order chi connectivity index (χ1) is 15.7. The van der Waals surface area contributed by atoms with Crippen LogP contribution in [0.4, 0.5) is 15.8 Å². The van der Waals surface area contributed by atoms with Crippen molar-refractivity contribution in [1.29, 1.82) is 0 Å². The molecule has 2 aliphatic heterocycles. The quantitative estimate of drug-likeness (QED) is 0.594. The normalized spacial score (nSPS) is 21.2. The van der Waals surface area contributed by atoms with Crippen LogP contribution < -0.4 is 9.80 Å². The molecule has 1 atom stereocenters. The molecule has 0 aromatic heterocycles. The fourth-order valence-corrected chi connectivity index (χ4v) is 6.76. The van der Waals surface area contributed by atoms with E-state index in [1.54, 1.807) is 48.5 Å². The highest BCUT2D eigenvalue weighted by atomic mass is 32.2. The maximum atomic E-state index is 14.0. The van der Waals surface area contributed by atoms with Crippen LogP contribution in [-0.2, 0) is 30.8 Å². The number of carbonyl (C=O) groups is 2. The summed E-state index contributed by atoms with van der Waals surface area (Å²) in [5.74, 6) is -2.62. The highest BCUT2D eigenvalue weighted by Gasteiger charge is 2.69. The number of aryl methyl sites for hydroxylation is 2. The van der Waals surface area contributed by atoms with Gasteiger partial charge >= 0.3 is 0 Å². The number of nitrogens with zero attached hydrogens (tertiary/aromatic N) is 2. The van der Waals surface area contributed by atoms with Gasteiger partial charge in [-0.05, 0) is 60.9 Å². The average molecular weight is 465 g/mol. The number of fused-ring (bicyclic) bond motifs is 2. The zero-order valence-electron chi connectivity index (χ0n) is 18.1. The molecule has 0 bridgehead atoms. The van der Waals surface area contributed by atoms with Crippen LogP contribution in [0.1, 0.15) is 22.3 Å². The Labute approximate surface area is 191 Å². The largest absolute Gasteiger partial charge is 0.304 e. The van der Waals surface area contributed by atoms with Crippen molar-refractivity contribution in [3.05, 3.63) is 94.8 Å². The third-order valence-corrected chi connectivity index (χ3v) is 8.51. The average Bonchev–Trinajstić information content (AvgIpc) is 3.13. The van der Waals surface area contributed by atoms with Crippen molar-refractivity contribution in [2.45, 2.75) is 25.3 Å². The van der Waals surface area contributed by atoms with Crippen LogP contribution in [0.15, 0.2) is 66.7 Å². The maximum absolute atomic E-state index is 14.0. The second-order valence-corrected chi connectivity index (χ2v) is 10.5. The molecule has 2 aliphatic rings. The van der Waals surface area contributed by atoms with Crippen molar-refractivity contribution in [3.63, 3.8) is 0 Å². The van der Waals surface area contributed by atoms with Crippen LogP contribution in [-0.4, -0.2) is 26.0 Å². The van der Waals surface area contributed by atoms with Crippen LogP contribution in [0, 0.1) is 19.7 Å². The van der Waals surface area contributed by atoms with Crippen molar-refractivity contribution >= 4 is 33.0 Å². The minimum absolute atomic E-state index is 0.0279. The van der Waals surface area contributed by atoms with Gasteiger partial charge in [-0.2, -0.15) is 0 Å². The van der Waals surface area contributed by atoms with Crippen molar-refractivity contribution < 1.29 is 22.4 Å². The summed E-state index contributed by atoms with van der Waals surface area (Å²) >= 11 is 0. The topological polar surface area (TPSA) is 74.8 Å². The SMILES string of the molecule is Cc1ccc(N2C(=O)CS(=O)(=O)[C@@]23C(=O)N(Cc2cccc(F)c2)c2ccccc23)cc1C. The molecule has 1 fully saturated rings. The van der Waals surface area contributed by atoms with E-state index >= 15 is 0 Å². The Bertz CT molecular complexity index is 1440. The smallest absolute Gasteiger partial charge is 0.274 e. The third kappa shape index (κ3) is 2.94. The zero-order chi connectivity index (χ0) is 23.5. The van der Waals surface area contributed by atoms with E-state index in [9.17, 15) is 22.4 Å². The second-order valence-electron chi connectivity index (χ2n) is 8.44. The van der Waals surface area contributed by atoms with Gasteiger partial charge in [0.05, 0.1) is 12.2 Å². The number of hydrogen-bond acceptors (Lipinski definition) is 4. The summed E-state index contributed by atoms with van der Waals surface area (Å²) in [6, 6.07) is 17.6. The minimum Gasteiger partial charge on any atom is -0.304 e. The van der Waals surface area contributed by atoms with E-state index in [1.807, 2.05) is 13.8 Å². The third-order valence-electron chi connectivity index (χ3n) is 6.40. The Hall–Kier alpha value is -3.52. The van der Waals surface area contributed by atoms with Crippen molar-refractivity contribution in [3.8, 4) is 0 Å². The standard InChI is InChI=1S/C25H21FN2O4S/c1-16-10-11-20(12-17(16)2)28-23(29)15-33(31,32)25(28)21-8-3-4-9-22(21)27(24(25)30)14-18-6-5-7-19(26)13-18/h3-13H,14-15H2,1-2H3/t25-/m0/s1. The molecule has 0 aliphatic carbocycles. The molecule has 8 heteroatoms. The van der Waals surface area contributed by atoms with E-state index in [0.29, 0.717) is 16.9 Å². The number of hydrogen-bond donors (Lipinski definition) is 0. The van der Waals surface area contributed by atoms with E-state index in [2.05, 4.69) is 0 Å². The van der Waals surface area contributed by atoms with Gasteiger partial charge in [-0.15, -0.1) is 0 Å². The molecule has 1 saturated heterocycles. The van der Waals surface area contributed by atoms with Crippen LogP contribution in [0.25, 0.3) is 0 Å². The van der Waals surface area contributed by atoms with Crippen molar-refractivity contribution in [2.75, 3.05) is 15.6 Å². The van der Waals surface area contributed by atoms with Gasteiger partial charge < -0.3 is 4.90 Å². The highest BCUT2D eigenvalue weighted by molar-refractivity contribution is 7.94. The summed E-state index contributed by atoms with van der Waals surface area (Å²) in [6.07, 6.45) is 0. The van der Waals surface area contributed by atoms with E-state index in [-0.39, 0.29) is 12.1 Å².